The van der Waals surface area contributed by atoms with Gasteiger partial charge in [0.15, 0.2) is 0 Å². The Morgan fingerprint density at radius 1 is 1.47 bits per heavy atom. The number of aliphatic hydroxyl groups is 1. The first kappa shape index (κ1) is 13.9. The molecule has 2 N–H and O–H groups in total. The van der Waals surface area contributed by atoms with Crippen LogP contribution in [-0.4, -0.2) is 30.3 Å². The average Bonchev–Trinajstić information content (AvgIpc) is 2.33. The van der Waals surface area contributed by atoms with Crippen LogP contribution in [0.2, 0.25) is 0 Å². The second-order valence-electron chi connectivity index (χ2n) is 5.21. The highest BCUT2D eigenvalue weighted by Gasteiger charge is 2.26. The van der Waals surface area contributed by atoms with Crippen molar-refractivity contribution >= 4 is 5.91 Å². The molecule has 0 heterocycles. The summed E-state index contributed by atoms with van der Waals surface area (Å²) in [6, 6.07) is 7.79. The lowest BCUT2D eigenvalue weighted by Crippen LogP contribution is -2.38. The second kappa shape index (κ2) is 6.57. The van der Waals surface area contributed by atoms with Gasteiger partial charge < -0.3 is 15.2 Å². The number of hydrogen-bond acceptors (Lipinski definition) is 3. The van der Waals surface area contributed by atoms with Crippen LogP contribution < -0.4 is 10.1 Å². The van der Waals surface area contributed by atoms with E-state index in [2.05, 4.69) is 5.32 Å². The Morgan fingerprint density at radius 3 is 2.95 bits per heavy atom. The van der Waals surface area contributed by atoms with Crippen molar-refractivity contribution in [2.45, 2.75) is 32.3 Å². The van der Waals surface area contributed by atoms with E-state index in [0.29, 0.717) is 25.5 Å². The molecule has 0 spiro atoms. The van der Waals surface area contributed by atoms with Gasteiger partial charge in [0, 0.05) is 6.54 Å². The minimum absolute atomic E-state index is 0.00837. The fourth-order valence-electron chi connectivity index (χ4n) is 2.18. The quantitative estimate of drug-likeness (QED) is 0.820. The summed E-state index contributed by atoms with van der Waals surface area (Å²) in [6.07, 6.45) is 1.81. The van der Waals surface area contributed by atoms with Crippen LogP contribution in [0.5, 0.6) is 5.75 Å². The van der Waals surface area contributed by atoms with Crippen molar-refractivity contribution in [2.75, 3.05) is 13.2 Å². The summed E-state index contributed by atoms with van der Waals surface area (Å²) in [5.74, 6) is 1.25. The van der Waals surface area contributed by atoms with Gasteiger partial charge in [0.25, 0.3) is 0 Å². The summed E-state index contributed by atoms with van der Waals surface area (Å²) >= 11 is 0. The highest BCUT2D eigenvalue weighted by Crippen LogP contribution is 2.26. The van der Waals surface area contributed by atoms with Crippen molar-refractivity contribution in [3.8, 4) is 5.75 Å². The topological polar surface area (TPSA) is 58.6 Å². The molecule has 1 aliphatic rings. The summed E-state index contributed by atoms with van der Waals surface area (Å²) in [5, 5.41) is 12.0. The number of aliphatic hydroxyl groups excluding tert-OH is 1. The van der Waals surface area contributed by atoms with Gasteiger partial charge in [-0.05, 0) is 43.4 Å². The van der Waals surface area contributed by atoms with Crippen molar-refractivity contribution in [3.63, 3.8) is 0 Å². The number of hydrogen-bond donors (Lipinski definition) is 2. The van der Waals surface area contributed by atoms with Crippen LogP contribution in [0.25, 0.3) is 0 Å². The molecule has 0 radical (unpaired) electrons. The Hall–Kier alpha value is -1.55. The molecule has 0 bridgehead atoms. The lowest BCUT2D eigenvalue weighted by atomic mass is 9.82. The first-order valence-electron chi connectivity index (χ1n) is 6.77. The maximum Gasteiger partial charge on any atom is 0.223 e. The van der Waals surface area contributed by atoms with E-state index in [0.717, 1.165) is 24.2 Å². The minimum atomic E-state index is -0.161. The molecule has 4 heteroatoms. The van der Waals surface area contributed by atoms with E-state index in [1.807, 2.05) is 31.2 Å². The molecule has 104 valence electrons. The monoisotopic (exact) mass is 263 g/mol. The number of ether oxygens (including phenoxy) is 1. The predicted molar refractivity (Wildman–Crippen MR) is 73.0 cm³/mol. The van der Waals surface area contributed by atoms with Gasteiger partial charge in [-0.25, -0.2) is 0 Å². The molecule has 0 unspecified atom stereocenters. The van der Waals surface area contributed by atoms with Crippen molar-refractivity contribution in [2.24, 2.45) is 5.92 Å². The van der Waals surface area contributed by atoms with Gasteiger partial charge in [-0.1, -0.05) is 12.1 Å². The molecular formula is C15H21NO3. The maximum atomic E-state index is 11.6. The summed E-state index contributed by atoms with van der Waals surface area (Å²) in [5.41, 5.74) is 1.14. The largest absolute Gasteiger partial charge is 0.493 e. The zero-order valence-electron chi connectivity index (χ0n) is 11.3. The van der Waals surface area contributed by atoms with Gasteiger partial charge >= 0.3 is 0 Å². The van der Waals surface area contributed by atoms with Gasteiger partial charge in [0.2, 0.25) is 5.91 Å². The number of carbonyl (C=O) groups is 1. The Morgan fingerprint density at radius 2 is 2.26 bits per heavy atom. The fraction of sp³-hybridized carbons (Fsp3) is 0.533. The van der Waals surface area contributed by atoms with Crippen molar-refractivity contribution in [1.82, 2.24) is 5.32 Å². The van der Waals surface area contributed by atoms with Crippen molar-refractivity contribution < 1.29 is 14.6 Å². The standard InChI is InChI=1S/C15H21NO3/c1-11-3-2-4-14(7-11)19-6-5-15(18)16-10-12-8-13(17)9-12/h2-4,7,12-13,17H,5-6,8-10H2,1H3,(H,16,18). The van der Waals surface area contributed by atoms with Crippen molar-refractivity contribution in [3.05, 3.63) is 29.8 Å². The number of rotatable bonds is 6. The number of nitrogens with one attached hydrogen (secondary N) is 1. The number of carbonyl (C=O) groups excluding carboxylic acids is 1. The zero-order chi connectivity index (χ0) is 13.7. The van der Waals surface area contributed by atoms with Crippen LogP contribution in [0.4, 0.5) is 0 Å². The Bertz CT molecular complexity index is 427. The van der Waals surface area contributed by atoms with Crippen LogP contribution in [-0.2, 0) is 4.79 Å². The molecule has 0 saturated heterocycles. The van der Waals surface area contributed by atoms with E-state index in [9.17, 15) is 4.79 Å². The molecule has 1 fully saturated rings. The van der Waals surface area contributed by atoms with E-state index in [1.165, 1.54) is 0 Å². The highest BCUT2D eigenvalue weighted by atomic mass is 16.5. The number of amides is 1. The molecule has 0 aromatic heterocycles. The molecule has 1 aromatic carbocycles. The van der Waals surface area contributed by atoms with Crippen LogP contribution >= 0.6 is 0 Å². The van der Waals surface area contributed by atoms with Crippen LogP contribution in [0, 0.1) is 12.8 Å². The molecule has 1 aromatic rings. The van der Waals surface area contributed by atoms with Crippen LogP contribution in [0.1, 0.15) is 24.8 Å². The normalized spacial score (nSPS) is 21.6. The SMILES string of the molecule is Cc1cccc(OCCC(=O)NCC2CC(O)C2)c1. The summed E-state index contributed by atoms with van der Waals surface area (Å²) in [4.78, 5) is 11.6. The van der Waals surface area contributed by atoms with Crippen LogP contribution in [0.3, 0.4) is 0 Å². The highest BCUT2D eigenvalue weighted by molar-refractivity contribution is 5.76. The first-order valence-corrected chi connectivity index (χ1v) is 6.77. The summed E-state index contributed by atoms with van der Waals surface area (Å²) in [6.45, 7) is 3.07. The molecule has 1 amide bonds. The molecule has 0 aliphatic heterocycles. The third kappa shape index (κ3) is 4.56. The molecular weight excluding hydrogens is 242 g/mol. The fourth-order valence-corrected chi connectivity index (χ4v) is 2.18. The third-order valence-corrected chi connectivity index (χ3v) is 3.39. The Balaban J connectivity index is 1.58. The lowest BCUT2D eigenvalue weighted by Gasteiger charge is -2.31. The number of aryl methyl sites for hydroxylation is 1. The smallest absolute Gasteiger partial charge is 0.223 e. The molecule has 1 aliphatic carbocycles. The zero-order valence-corrected chi connectivity index (χ0v) is 11.3. The summed E-state index contributed by atoms with van der Waals surface area (Å²) < 4.78 is 5.52. The van der Waals surface area contributed by atoms with Gasteiger partial charge in [-0.2, -0.15) is 0 Å². The maximum absolute atomic E-state index is 11.6. The first-order chi connectivity index (χ1) is 9.13. The van der Waals surface area contributed by atoms with E-state index in [4.69, 9.17) is 9.84 Å². The van der Waals surface area contributed by atoms with Crippen LogP contribution in [0.15, 0.2) is 24.3 Å². The molecule has 4 nitrogen and oxygen atoms in total. The van der Waals surface area contributed by atoms with Gasteiger partial charge in [0.05, 0.1) is 19.1 Å². The van der Waals surface area contributed by atoms with Gasteiger partial charge in [-0.3, -0.25) is 4.79 Å². The molecule has 0 atom stereocenters. The average molecular weight is 263 g/mol. The Labute approximate surface area is 113 Å². The number of benzene rings is 1. The predicted octanol–water partition coefficient (Wildman–Crippen LogP) is 1.65. The minimum Gasteiger partial charge on any atom is -0.493 e. The lowest BCUT2D eigenvalue weighted by molar-refractivity contribution is -0.122. The third-order valence-electron chi connectivity index (χ3n) is 3.39. The van der Waals surface area contributed by atoms with Gasteiger partial charge in [-0.15, -0.1) is 0 Å². The second-order valence-corrected chi connectivity index (χ2v) is 5.21. The molecule has 19 heavy (non-hydrogen) atoms. The van der Waals surface area contributed by atoms with E-state index >= 15 is 0 Å². The van der Waals surface area contributed by atoms with Crippen molar-refractivity contribution in [1.29, 1.82) is 0 Å². The van der Waals surface area contributed by atoms with E-state index in [1.54, 1.807) is 0 Å². The van der Waals surface area contributed by atoms with Gasteiger partial charge in [0.1, 0.15) is 5.75 Å². The van der Waals surface area contributed by atoms with E-state index in [-0.39, 0.29) is 12.0 Å². The Kier molecular flexibility index (Phi) is 4.80. The molecule has 2 rings (SSSR count). The molecule has 1 saturated carbocycles. The van der Waals surface area contributed by atoms with E-state index < -0.39 is 0 Å². The summed E-state index contributed by atoms with van der Waals surface area (Å²) in [7, 11) is 0.